The van der Waals surface area contributed by atoms with E-state index in [1.54, 1.807) is 18.2 Å². The van der Waals surface area contributed by atoms with Crippen LogP contribution in [0.1, 0.15) is 12.5 Å². The van der Waals surface area contributed by atoms with Gasteiger partial charge in [0.1, 0.15) is 0 Å². The molecule has 0 saturated heterocycles. The highest BCUT2D eigenvalue weighted by Gasteiger charge is 2.09. The molecule has 0 bridgehead atoms. The average Bonchev–Trinajstić information content (AvgIpc) is 2.05. The van der Waals surface area contributed by atoms with Gasteiger partial charge in [-0.3, -0.25) is 4.72 Å². The van der Waals surface area contributed by atoms with E-state index in [1.165, 1.54) is 0 Å². The molecule has 1 aromatic rings. The molecule has 0 aliphatic heterocycles. The number of hydrogen-bond donors (Lipinski definition) is 1. The van der Waals surface area contributed by atoms with Crippen molar-refractivity contribution >= 4 is 32.9 Å². The van der Waals surface area contributed by atoms with Gasteiger partial charge in [0, 0.05) is 0 Å². The molecule has 3 nitrogen and oxygen atoms in total. The molecule has 82 valence electrons. The third-order valence-corrected chi connectivity index (χ3v) is 2.75. The second kappa shape index (κ2) is 4.24. The number of anilines is 1. The van der Waals surface area contributed by atoms with Gasteiger partial charge in [0.25, 0.3) is 0 Å². The van der Waals surface area contributed by atoms with Crippen molar-refractivity contribution in [3.05, 3.63) is 35.4 Å². The lowest BCUT2D eigenvalue weighted by atomic mass is 10.1. The monoisotopic (exact) mass is 245 g/mol. The first-order valence-corrected chi connectivity index (χ1v) is 6.50. The van der Waals surface area contributed by atoms with Crippen molar-refractivity contribution in [2.75, 3.05) is 11.0 Å². The van der Waals surface area contributed by atoms with E-state index in [1.807, 2.05) is 6.92 Å². The van der Waals surface area contributed by atoms with Crippen molar-refractivity contribution in [3.63, 3.8) is 0 Å². The molecule has 1 rings (SSSR count). The van der Waals surface area contributed by atoms with E-state index in [0.717, 1.165) is 17.4 Å². The Morgan fingerprint density at radius 3 is 2.53 bits per heavy atom. The summed E-state index contributed by atoms with van der Waals surface area (Å²) in [7, 11) is -3.31. The number of benzene rings is 1. The summed E-state index contributed by atoms with van der Waals surface area (Å²) in [4.78, 5) is 0. The Morgan fingerprint density at radius 1 is 1.47 bits per heavy atom. The number of sulfonamides is 1. The number of halogens is 1. The first-order chi connectivity index (χ1) is 6.81. The zero-order valence-corrected chi connectivity index (χ0v) is 10.1. The lowest BCUT2D eigenvalue weighted by Gasteiger charge is -2.09. The Kier molecular flexibility index (Phi) is 3.42. The Morgan fingerprint density at radius 2 is 2.07 bits per heavy atom. The zero-order chi connectivity index (χ0) is 11.6. The summed E-state index contributed by atoms with van der Waals surface area (Å²) in [5.41, 5.74) is 1.90. The fourth-order valence-corrected chi connectivity index (χ4v) is 2.10. The molecule has 0 heterocycles. The SMILES string of the molecule is C=C(C)c1cccc(NS(C)(=O)=O)c1Cl. The van der Waals surface area contributed by atoms with Gasteiger partial charge in [0.15, 0.2) is 0 Å². The van der Waals surface area contributed by atoms with E-state index < -0.39 is 10.0 Å². The Hall–Kier alpha value is -1.00. The summed E-state index contributed by atoms with van der Waals surface area (Å²) in [5, 5.41) is 0.371. The van der Waals surface area contributed by atoms with Gasteiger partial charge < -0.3 is 0 Å². The Labute approximate surface area is 94.8 Å². The molecule has 0 aliphatic carbocycles. The van der Waals surface area contributed by atoms with Crippen LogP contribution >= 0.6 is 11.6 Å². The predicted octanol–water partition coefficient (Wildman–Crippen LogP) is 2.74. The normalized spacial score (nSPS) is 11.1. The van der Waals surface area contributed by atoms with Crippen LogP contribution in [0.3, 0.4) is 0 Å². The van der Waals surface area contributed by atoms with E-state index in [9.17, 15) is 8.42 Å². The molecule has 1 N–H and O–H groups in total. The molecule has 0 amide bonds. The largest absolute Gasteiger partial charge is 0.282 e. The van der Waals surface area contributed by atoms with Gasteiger partial charge in [-0.25, -0.2) is 8.42 Å². The highest BCUT2D eigenvalue weighted by Crippen LogP contribution is 2.30. The fraction of sp³-hybridized carbons (Fsp3) is 0.200. The van der Waals surface area contributed by atoms with Gasteiger partial charge in [-0.2, -0.15) is 0 Å². The van der Waals surface area contributed by atoms with Crippen molar-refractivity contribution in [1.82, 2.24) is 0 Å². The molecule has 0 spiro atoms. The van der Waals surface area contributed by atoms with Crippen LogP contribution in [0.2, 0.25) is 5.02 Å². The molecular formula is C10H12ClNO2S. The summed E-state index contributed by atoms with van der Waals surface area (Å²) in [6.45, 7) is 5.57. The summed E-state index contributed by atoms with van der Waals surface area (Å²) in [6.07, 6.45) is 1.08. The predicted molar refractivity (Wildman–Crippen MR) is 64.6 cm³/mol. The third kappa shape index (κ3) is 3.25. The van der Waals surface area contributed by atoms with Gasteiger partial charge in [0.2, 0.25) is 10.0 Å². The van der Waals surface area contributed by atoms with Crippen molar-refractivity contribution in [2.45, 2.75) is 6.92 Å². The molecule has 0 atom stereocenters. The zero-order valence-electron chi connectivity index (χ0n) is 8.54. The maximum atomic E-state index is 11.0. The molecule has 0 saturated carbocycles. The van der Waals surface area contributed by atoms with Gasteiger partial charge in [-0.1, -0.05) is 30.3 Å². The third-order valence-electron chi connectivity index (χ3n) is 1.75. The molecule has 0 fully saturated rings. The van der Waals surface area contributed by atoms with Gasteiger partial charge in [-0.15, -0.1) is 0 Å². The van der Waals surface area contributed by atoms with Gasteiger partial charge >= 0.3 is 0 Å². The van der Waals surface area contributed by atoms with E-state index in [4.69, 9.17) is 11.6 Å². The fourth-order valence-electron chi connectivity index (χ4n) is 1.14. The Balaban J connectivity index is 3.22. The second-order valence-corrected chi connectivity index (χ2v) is 5.45. The first kappa shape index (κ1) is 12.1. The highest BCUT2D eigenvalue weighted by molar-refractivity contribution is 7.92. The minimum absolute atomic E-state index is 0.371. The molecule has 15 heavy (non-hydrogen) atoms. The van der Waals surface area contributed by atoms with E-state index in [-0.39, 0.29) is 0 Å². The van der Waals surface area contributed by atoms with Crippen molar-refractivity contribution in [1.29, 1.82) is 0 Å². The maximum absolute atomic E-state index is 11.0. The number of nitrogens with one attached hydrogen (secondary N) is 1. The summed E-state index contributed by atoms with van der Waals surface area (Å²) in [5.74, 6) is 0. The Bertz CT molecular complexity index is 494. The average molecular weight is 246 g/mol. The van der Waals surface area contributed by atoms with Crippen LogP contribution in [0.15, 0.2) is 24.8 Å². The maximum Gasteiger partial charge on any atom is 0.229 e. The number of rotatable bonds is 3. The highest BCUT2D eigenvalue weighted by atomic mass is 35.5. The smallest absolute Gasteiger partial charge is 0.229 e. The number of hydrogen-bond acceptors (Lipinski definition) is 2. The van der Waals surface area contributed by atoms with Crippen LogP contribution < -0.4 is 4.72 Å². The minimum atomic E-state index is -3.31. The topological polar surface area (TPSA) is 46.2 Å². The summed E-state index contributed by atoms with van der Waals surface area (Å²) >= 11 is 6.02. The van der Waals surface area contributed by atoms with Crippen LogP contribution in [0.25, 0.3) is 5.57 Å². The van der Waals surface area contributed by atoms with Gasteiger partial charge in [0.05, 0.1) is 17.0 Å². The lowest BCUT2D eigenvalue weighted by molar-refractivity contribution is 0.607. The lowest BCUT2D eigenvalue weighted by Crippen LogP contribution is -2.10. The van der Waals surface area contributed by atoms with Gasteiger partial charge in [-0.05, 0) is 24.1 Å². The number of allylic oxidation sites excluding steroid dienone is 1. The van der Waals surface area contributed by atoms with Crippen LogP contribution in [-0.2, 0) is 10.0 Å². The van der Waals surface area contributed by atoms with Crippen molar-refractivity contribution < 1.29 is 8.42 Å². The first-order valence-electron chi connectivity index (χ1n) is 4.23. The summed E-state index contributed by atoms with van der Waals surface area (Å²) in [6, 6.07) is 5.12. The molecule has 5 heteroatoms. The van der Waals surface area contributed by atoms with E-state index >= 15 is 0 Å². The molecule has 0 aliphatic rings. The van der Waals surface area contributed by atoms with Crippen LogP contribution in [0.4, 0.5) is 5.69 Å². The van der Waals surface area contributed by atoms with Crippen molar-refractivity contribution in [3.8, 4) is 0 Å². The summed E-state index contributed by atoms with van der Waals surface area (Å²) < 4.78 is 24.4. The van der Waals surface area contributed by atoms with E-state index in [0.29, 0.717) is 10.7 Å². The molecule has 0 unspecified atom stereocenters. The van der Waals surface area contributed by atoms with Crippen LogP contribution in [-0.4, -0.2) is 14.7 Å². The standard InChI is InChI=1S/C10H12ClNO2S/c1-7(2)8-5-4-6-9(10(8)11)12-15(3,13)14/h4-6,12H,1H2,2-3H3. The van der Waals surface area contributed by atoms with Crippen LogP contribution in [0.5, 0.6) is 0 Å². The molecule has 1 aromatic carbocycles. The second-order valence-electron chi connectivity index (χ2n) is 3.32. The van der Waals surface area contributed by atoms with Crippen LogP contribution in [0, 0.1) is 0 Å². The molecule has 0 radical (unpaired) electrons. The quantitative estimate of drug-likeness (QED) is 0.890. The molecule has 0 aromatic heterocycles. The minimum Gasteiger partial charge on any atom is -0.282 e. The van der Waals surface area contributed by atoms with E-state index in [2.05, 4.69) is 11.3 Å². The molecular weight excluding hydrogens is 234 g/mol. The van der Waals surface area contributed by atoms with Crippen molar-refractivity contribution in [2.24, 2.45) is 0 Å².